The smallest absolute Gasteiger partial charge is 0.224 e. The summed E-state index contributed by atoms with van der Waals surface area (Å²) in [5.74, 6) is 0.0942. The van der Waals surface area contributed by atoms with E-state index in [0.717, 1.165) is 64.2 Å². The van der Waals surface area contributed by atoms with Gasteiger partial charge in [0.1, 0.15) is 0 Å². The number of morpholine rings is 1. The molecule has 1 unspecified atom stereocenters. The van der Waals surface area contributed by atoms with Crippen molar-refractivity contribution in [2.45, 2.75) is 45.1 Å². The summed E-state index contributed by atoms with van der Waals surface area (Å²) in [6, 6.07) is 8.59. The van der Waals surface area contributed by atoms with Gasteiger partial charge < -0.3 is 15.8 Å². The average Bonchev–Trinajstić information content (AvgIpc) is 2.62. The third kappa shape index (κ3) is 6.23. The van der Waals surface area contributed by atoms with E-state index in [1.807, 2.05) is 12.1 Å². The molecule has 0 saturated carbocycles. The van der Waals surface area contributed by atoms with Crippen LogP contribution in [-0.2, 0) is 9.53 Å². The number of hydrogen-bond donors (Lipinski definition) is 2. The molecule has 1 aromatic rings. The van der Waals surface area contributed by atoms with Crippen molar-refractivity contribution < 1.29 is 9.53 Å². The molecule has 24 heavy (non-hydrogen) atoms. The van der Waals surface area contributed by atoms with Crippen molar-refractivity contribution >= 4 is 11.6 Å². The van der Waals surface area contributed by atoms with Crippen LogP contribution in [0.3, 0.4) is 0 Å². The molecule has 0 bridgehead atoms. The second-order valence-electron chi connectivity index (χ2n) is 6.45. The zero-order valence-electron chi connectivity index (χ0n) is 14.8. The van der Waals surface area contributed by atoms with Gasteiger partial charge in [0.2, 0.25) is 5.91 Å². The van der Waals surface area contributed by atoms with Crippen LogP contribution in [0.2, 0.25) is 0 Å². The molecule has 3 N–H and O–H groups in total. The van der Waals surface area contributed by atoms with Gasteiger partial charge in [-0.15, -0.1) is 0 Å². The molecule has 1 saturated heterocycles. The van der Waals surface area contributed by atoms with Crippen molar-refractivity contribution in [3.05, 3.63) is 29.8 Å². The Morgan fingerprint density at radius 2 is 1.83 bits per heavy atom. The molecule has 1 amide bonds. The lowest BCUT2D eigenvalue weighted by atomic mass is 10.1. The topological polar surface area (TPSA) is 67.6 Å². The predicted octanol–water partition coefficient (Wildman–Crippen LogP) is 2.93. The van der Waals surface area contributed by atoms with Crippen LogP contribution in [0.1, 0.15) is 50.6 Å². The maximum atomic E-state index is 12.0. The number of nitrogens with one attached hydrogen (secondary N) is 1. The molecule has 5 nitrogen and oxygen atoms in total. The van der Waals surface area contributed by atoms with Gasteiger partial charge in [0.15, 0.2) is 0 Å². The number of benzene rings is 1. The van der Waals surface area contributed by atoms with Crippen molar-refractivity contribution in [1.29, 1.82) is 0 Å². The minimum absolute atomic E-state index is 0.0942. The normalized spacial score (nSPS) is 16.8. The van der Waals surface area contributed by atoms with Gasteiger partial charge in [-0.3, -0.25) is 9.69 Å². The maximum absolute atomic E-state index is 12.0. The number of nitrogens with two attached hydrogens (primary N) is 1. The lowest BCUT2D eigenvalue weighted by Crippen LogP contribution is -2.37. The minimum atomic E-state index is 0.0942. The zero-order valence-corrected chi connectivity index (χ0v) is 14.8. The fraction of sp³-hybridized carbons (Fsp3) is 0.632. The first-order valence-electron chi connectivity index (χ1n) is 9.12. The van der Waals surface area contributed by atoms with Crippen LogP contribution in [0.25, 0.3) is 0 Å². The first-order valence-corrected chi connectivity index (χ1v) is 9.12. The Bertz CT molecular complexity index is 484. The minimum Gasteiger partial charge on any atom is -0.379 e. The molecule has 1 atom stereocenters. The van der Waals surface area contributed by atoms with Crippen molar-refractivity contribution in [3.63, 3.8) is 0 Å². The van der Waals surface area contributed by atoms with E-state index in [9.17, 15) is 4.79 Å². The molecular formula is C19H31N3O2. The fourth-order valence-electron chi connectivity index (χ4n) is 3.03. The number of ether oxygens (including phenoxy) is 1. The Hall–Kier alpha value is -1.43. The fourth-order valence-corrected chi connectivity index (χ4v) is 3.03. The Balaban J connectivity index is 1.75. The summed E-state index contributed by atoms with van der Waals surface area (Å²) in [7, 11) is 0. The van der Waals surface area contributed by atoms with Gasteiger partial charge in [-0.2, -0.15) is 0 Å². The number of amides is 1. The van der Waals surface area contributed by atoms with Gasteiger partial charge in [-0.1, -0.05) is 25.0 Å². The van der Waals surface area contributed by atoms with E-state index >= 15 is 0 Å². The van der Waals surface area contributed by atoms with E-state index in [1.54, 1.807) is 0 Å². The third-order valence-corrected chi connectivity index (χ3v) is 4.63. The first kappa shape index (κ1) is 18.9. The summed E-state index contributed by atoms with van der Waals surface area (Å²) in [4.78, 5) is 14.4. The monoisotopic (exact) mass is 333 g/mol. The molecule has 0 aromatic heterocycles. The highest BCUT2D eigenvalue weighted by atomic mass is 16.5. The molecule has 0 aliphatic carbocycles. The lowest BCUT2D eigenvalue weighted by molar-refractivity contribution is -0.116. The summed E-state index contributed by atoms with van der Waals surface area (Å²) in [5, 5.41) is 2.98. The number of carbonyl (C=O) groups is 1. The Labute approximate surface area is 145 Å². The molecule has 1 aliphatic rings. The van der Waals surface area contributed by atoms with Crippen LogP contribution in [0.4, 0.5) is 5.69 Å². The second kappa shape index (κ2) is 10.4. The van der Waals surface area contributed by atoms with Gasteiger partial charge in [-0.25, -0.2) is 0 Å². The van der Waals surface area contributed by atoms with E-state index < -0.39 is 0 Å². The Kier molecular flexibility index (Phi) is 8.22. The van der Waals surface area contributed by atoms with Crippen LogP contribution >= 0.6 is 0 Å². The van der Waals surface area contributed by atoms with Crippen molar-refractivity contribution in [3.8, 4) is 0 Å². The van der Waals surface area contributed by atoms with Crippen LogP contribution in [0.5, 0.6) is 0 Å². The molecule has 0 radical (unpaired) electrons. The summed E-state index contributed by atoms with van der Waals surface area (Å²) < 4.78 is 5.41. The quantitative estimate of drug-likeness (QED) is 0.682. The van der Waals surface area contributed by atoms with Gasteiger partial charge in [0.05, 0.1) is 13.2 Å². The predicted molar refractivity (Wildman–Crippen MR) is 98.0 cm³/mol. The molecule has 1 fully saturated rings. The van der Waals surface area contributed by atoms with Gasteiger partial charge in [0, 0.05) is 31.2 Å². The number of carbonyl (C=O) groups excluding carboxylic acids is 1. The molecule has 5 heteroatoms. The van der Waals surface area contributed by atoms with E-state index in [2.05, 4.69) is 29.3 Å². The van der Waals surface area contributed by atoms with E-state index in [-0.39, 0.29) is 5.91 Å². The molecule has 1 aliphatic heterocycles. The molecule has 0 spiro atoms. The van der Waals surface area contributed by atoms with Gasteiger partial charge in [-0.05, 0) is 44.0 Å². The lowest BCUT2D eigenvalue weighted by Gasteiger charge is -2.32. The number of unbranched alkanes of at least 4 members (excludes halogenated alkanes) is 3. The van der Waals surface area contributed by atoms with E-state index in [0.29, 0.717) is 12.5 Å². The molecular weight excluding hydrogens is 302 g/mol. The first-order chi connectivity index (χ1) is 11.7. The van der Waals surface area contributed by atoms with Gasteiger partial charge >= 0.3 is 0 Å². The van der Waals surface area contributed by atoms with Crippen LogP contribution in [-0.4, -0.2) is 43.7 Å². The molecule has 2 rings (SSSR count). The summed E-state index contributed by atoms with van der Waals surface area (Å²) in [6.07, 6.45) is 4.73. The third-order valence-electron chi connectivity index (χ3n) is 4.63. The van der Waals surface area contributed by atoms with Gasteiger partial charge in [0.25, 0.3) is 0 Å². The largest absolute Gasteiger partial charge is 0.379 e. The Morgan fingerprint density at radius 1 is 1.17 bits per heavy atom. The van der Waals surface area contributed by atoms with Crippen molar-refractivity contribution in [1.82, 2.24) is 4.90 Å². The summed E-state index contributed by atoms with van der Waals surface area (Å²) in [6.45, 7) is 6.53. The maximum Gasteiger partial charge on any atom is 0.224 e. The zero-order chi connectivity index (χ0) is 17.2. The number of nitrogens with zero attached hydrogens (tertiary/aromatic N) is 1. The molecule has 134 valence electrons. The SMILES string of the molecule is CC(c1ccc(NC(=O)CCCCCCN)cc1)N1CCOCC1. The second-order valence-corrected chi connectivity index (χ2v) is 6.45. The highest BCUT2D eigenvalue weighted by Crippen LogP contribution is 2.22. The van der Waals surface area contributed by atoms with Crippen LogP contribution in [0, 0.1) is 0 Å². The Morgan fingerprint density at radius 3 is 2.50 bits per heavy atom. The standard InChI is InChI=1S/C19H31N3O2/c1-16(22-12-14-24-15-13-22)17-7-9-18(10-8-17)21-19(23)6-4-2-3-5-11-20/h7-10,16H,2-6,11-15,20H2,1H3,(H,21,23). The average molecular weight is 333 g/mol. The highest BCUT2D eigenvalue weighted by molar-refractivity contribution is 5.90. The van der Waals surface area contributed by atoms with Crippen molar-refractivity contribution in [2.24, 2.45) is 5.73 Å². The molecule has 1 aromatic carbocycles. The summed E-state index contributed by atoms with van der Waals surface area (Å²) >= 11 is 0. The van der Waals surface area contributed by atoms with Crippen LogP contribution in [0.15, 0.2) is 24.3 Å². The highest BCUT2D eigenvalue weighted by Gasteiger charge is 2.18. The number of hydrogen-bond acceptors (Lipinski definition) is 4. The van der Waals surface area contributed by atoms with E-state index in [4.69, 9.17) is 10.5 Å². The van der Waals surface area contributed by atoms with E-state index in [1.165, 1.54) is 5.56 Å². The molecule has 1 heterocycles. The van der Waals surface area contributed by atoms with Crippen molar-refractivity contribution in [2.75, 3.05) is 38.2 Å². The summed E-state index contributed by atoms with van der Waals surface area (Å²) in [5.41, 5.74) is 7.61. The number of rotatable bonds is 9. The van der Waals surface area contributed by atoms with Crippen LogP contribution < -0.4 is 11.1 Å². The number of anilines is 1.